The Morgan fingerprint density at radius 3 is 1.46 bits per heavy atom. The summed E-state index contributed by atoms with van der Waals surface area (Å²) in [5.74, 6) is 1.06. The van der Waals surface area contributed by atoms with Crippen molar-refractivity contribution in [2.24, 2.45) is 23.7 Å². The minimum Gasteiger partial charge on any atom is -0.481 e. The molecule has 2 atom stereocenters. The number of carbonyl (C=O) groups is 2. The molecule has 1 amide bonds. The number of rotatable bonds is 11. The lowest BCUT2D eigenvalue weighted by atomic mass is 9.94. The van der Waals surface area contributed by atoms with Crippen molar-refractivity contribution in [1.29, 1.82) is 0 Å². The van der Waals surface area contributed by atoms with Gasteiger partial charge in [0.1, 0.15) is 11.6 Å². The molecule has 67 heavy (non-hydrogen) atoms. The number of amides is 1. The van der Waals surface area contributed by atoms with E-state index in [9.17, 15) is 31.5 Å². The molecule has 2 aromatic heterocycles. The maximum Gasteiger partial charge on any atom is 0.307 e. The molecule has 4 aromatic rings. The van der Waals surface area contributed by atoms with Crippen molar-refractivity contribution in [2.75, 3.05) is 52.6 Å². The summed E-state index contributed by atoms with van der Waals surface area (Å²) in [5, 5.41) is 12.4. The van der Waals surface area contributed by atoms with E-state index < -0.39 is 31.9 Å². The van der Waals surface area contributed by atoms with Gasteiger partial charge in [0.25, 0.3) is 0 Å². The van der Waals surface area contributed by atoms with Gasteiger partial charge in [-0.15, -0.1) is 0 Å². The van der Waals surface area contributed by atoms with E-state index in [-0.39, 0.29) is 51.6 Å². The number of aliphatic carboxylic acids is 1. The Kier molecular flexibility index (Phi) is 14.6. The zero-order chi connectivity index (χ0) is 47.9. The van der Waals surface area contributed by atoms with Crippen molar-refractivity contribution in [3.8, 4) is 0 Å². The number of piperidine rings is 2. The van der Waals surface area contributed by atoms with Crippen LogP contribution in [0.1, 0.15) is 117 Å². The highest BCUT2D eigenvalue weighted by molar-refractivity contribution is 7.89. The van der Waals surface area contributed by atoms with Crippen molar-refractivity contribution in [3.63, 3.8) is 0 Å². The number of carboxylic acids is 1. The lowest BCUT2D eigenvalue weighted by Crippen LogP contribution is -2.45. The average Bonchev–Trinajstić information content (AvgIpc) is 3.93. The molecule has 0 bridgehead atoms. The number of carboxylic acid groups (broad SMARTS) is 1. The molecule has 0 spiro atoms. The van der Waals surface area contributed by atoms with Crippen LogP contribution >= 0.6 is 0 Å². The minimum atomic E-state index is -3.78. The van der Waals surface area contributed by atoms with Crippen LogP contribution < -0.4 is 5.32 Å². The van der Waals surface area contributed by atoms with Crippen LogP contribution in [0.3, 0.4) is 0 Å². The van der Waals surface area contributed by atoms with Crippen LogP contribution in [0.5, 0.6) is 0 Å². The van der Waals surface area contributed by atoms with Gasteiger partial charge in [0.15, 0.2) is 0 Å². The summed E-state index contributed by atoms with van der Waals surface area (Å²) in [7, 11) is -7.49. The first-order chi connectivity index (χ1) is 31.7. The van der Waals surface area contributed by atoms with Gasteiger partial charge in [0.2, 0.25) is 26.0 Å². The largest absolute Gasteiger partial charge is 0.481 e. The highest BCUT2D eigenvalue weighted by Gasteiger charge is 2.37. The van der Waals surface area contributed by atoms with E-state index in [1.165, 1.54) is 8.61 Å². The third-order valence-corrected chi connectivity index (χ3v) is 17.8. The van der Waals surface area contributed by atoms with E-state index in [2.05, 4.69) is 56.0 Å². The number of nitrogens with one attached hydrogen (secondary N) is 1. The number of hydrogen-bond acceptors (Lipinski definition) is 10. The van der Waals surface area contributed by atoms with Crippen LogP contribution in [0.4, 0.5) is 0 Å². The van der Waals surface area contributed by atoms with E-state index in [4.69, 9.17) is 19.4 Å². The average molecular weight is 966 g/mol. The first-order valence-electron chi connectivity index (χ1n) is 24.4. The first kappa shape index (κ1) is 49.5. The summed E-state index contributed by atoms with van der Waals surface area (Å²) in [6.45, 7) is 18.7. The Bertz CT molecular complexity index is 2650. The number of nitrogens with zero attached hydrogens (tertiary/aromatic N) is 6. The summed E-state index contributed by atoms with van der Waals surface area (Å²) in [5.41, 5.74) is 2.92. The van der Waals surface area contributed by atoms with Gasteiger partial charge in [-0.3, -0.25) is 9.59 Å². The molecule has 16 nitrogen and oxygen atoms in total. The zero-order valence-corrected chi connectivity index (χ0v) is 41.8. The number of carbonyl (C=O) groups excluding carboxylic acids is 1. The van der Waals surface area contributed by atoms with E-state index in [0.717, 1.165) is 107 Å². The highest BCUT2D eigenvalue weighted by atomic mass is 32.2. The summed E-state index contributed by atoms with van der Waals surface area (Å²) >= 11 is 0. The molecule has 368 valence electrons. The number of fused-ring (bicyclic) bond motifs is 2. The second-order valence-corrected chi connectivity index (χ2v) is 25.4. The van der Waals surface area contributed by atoms with Crippen LogP contribution in [0.2, 0.25) is 0 Å². The first-order valence-corrected chi connectivity index (χ1v) is 27.3. The van der Waals surface area contributed by atoms with Crippen LogP contribution in [0, 0.1) is 23.7 Å². The molecule has 4 aliphatic heterocycles. The summed E-state index contributed by atoms with van der Waals surface area (Å²) < 4.78 is 72.1. The molecule has 1 saturated carbocycles. The smallest absolute Gasteiger partial charge is 0.307 e. The van der Waals surface area contributed by atoms with Crippen molar-refractivity contribution >= 4 is 54.0 Å². The fourth-order valence-electron chi connectivity index (χ4n) is 10.0. The molecule has 5 fully saturated rings. The summed E-state index contributed by atoms with van der Waals surface area (Å²) in [4.78, 5) is 34.2. The molecule has 0 radical (unpaired) electrons. The topological polar surface area (TPSA) is 195 Å². The number of sulfonamides is 2. The molecule has 9 rings (SSSR count). The number of ether oxygens (including phenoxy) is 2. The third kappa shape index (κ3) is 11.3. The molecule has 4 saturated heterocycles. The highest BCUT2D eigenvalue weighted by Crippen LogP contribution is 2.34. The molecule has 0 unspecified atom stereocenters. The second-order valence-electron chi connectivity index (χ2n) is 21.5. The SMILES string of the molecule is CC(C)(C)c1nc2cc(S(=O)(=O)N3CCC[C@H](C(=O)NC4CC4)C3)ccc2n1CC1CCOCC1.CC(C)(C)c1nc2cc(S(=O)(=O)N3CCC[C@H](C(=O)O)C3)ccc2n1CC1CCOCC1. The fourth-order valence-corrected chi connectivity index (χ4v) is 13.1. The van der Waals surface area contributed by atoms with Gasteiger partial charge >= 0.3 is 5.97 Å². The number of benzene rings is 2. The normalized spacial score (nSPS) is 22.4. The minimum absolute atomic E-state index is 0.00970. The fraction of sp³-hybridized carbons (Fsp3) is 0.673. The summed E-state index contributed by atoms with van der Waals surface area (Å²) in [6.07, 6.45) is 8.60. The standard InChI is InChI=1S/C26H38N4O4S.C23H33N3O5S/c1-26(2,3)25-28-22-15-21(8-9-23(22)30(25)16-18-10-13-34-14-11-18)35(32,33)29-12-4-5-19(17-29)24(31)27-20-6-7-20;1-23(2,3)22-24-19-13-18(32(29,30)25-10-4-5-17(15-25)21(27)28)6-7-20(19)26(22)14-16-8-11-31-12-9-16/h8-9,15,18-20H,4-7,10-14,16-17H2,1-3H3,(H,27,31);6-7,13,16-17H,4-5,8-12,14-15H2,1-3H3,(H,27,28)/t19-;17-/m00/s1. The Balaban J connectivity index is 0.000000182. The van der Waals surface area contributed by atoms with E-state index >= 15 is 0 Å². The zero-order valence-electron chi connectivity index (χ0n) is 40.2. The van der Waals surface area contributed by atoms with Crippen molar-refractivity contribution in [2.45, 2.75) is 146 Å². The predicted octanol–water partition coefficient (Wildman–Crippen LogP) is 6.69. The lowest BCUT2D eigenvalue weighted by molar-refractivity contribution is -0.142. The summed E-state index contributed by atoms with van der Waals surface area (Å²) in [6, 6.07) is 10.7. The van der Waals surface area contributed by atoms with E-state index in [1.54, 1.807) is 24.3 Å². The Labute approximate surface area is 396 Å². The van der Waals surface area contributed by atoms with Crippen molar-refractivity contribution < 1.29 is 41.0 Å². The van der Waals surface area contributed by atoms with Crippen LogP contribution in [0.15, 0.2) is 46.2 Å². The third-order valence-electron chi connectivity index (χ3n) is 14.0. The Morgan fingerprint density at radius 2 is 1.06 bits per heavy atom. The monoisotopic (exact) mass is 965 g/mol. The maximum absolute atomic E-state index is 13.6. The lowest BCUT2D eigenvalue weighted by Gasteiger charge is -2.31. The Hall–Kier alpha value is -3.94. The van der Waals surface area contributed by atoms with Crippen LogP contribution in [-0.2, 0) is 63.0 Å². The number of imidazole rings is 2. The predicted molar refractivity (Wildman–Crippen MR) is 256 cm³/mol. The second kappa shape index (κ2) is 19.8. The molecule has 18 heteroatoms. The van der Waals surface area contributed by atoms with E-state index in [1.807, 2.05) is 12.1 Å². The number of aromatic nitrogens is 4. The Morgan fingerprint density at radius 1 is 0.642 bits per heavy atom. The van der Waals surface area contributed by atoms with Gasteiger partial charge < -0.3 is 29.0 Å². The molecule has 5 aliphatic rings. The molecular weight excluding hydrogens is 895 g/mol. The van der Waals surface area contributed by atoms with Gasteiger partial charge in [-0.2, -0.15) is 8.61 Å². The molecule has 1 aliphatic carbocycles. The molecular formula is C49H71N7O9S2. The maximum atomic E-state index is 13.6. The van der Waals surface area contributed by atoms with Gasteiger partial charge in [-0.1, -0.05) is 41.5 Å². The van der Waals surface area contributed by atoms with Crippen LogP contribution in [-0.4, -0.2) is 120 Å². The van der Waals surface area contributed by atoms with E-state index in [0.29, 0.717) is 55.2 Å². The number of hydrogen-bond donors (Lipinski definition) is 2. The molecule has 6 heterocycles. The van der Waals surface area contributed by atoms with Crippen LogP contribution in [0.25, 0.3) is 22.1 Å². The van der Waals surface area contributed by atoms with Crippen molar-refractivity contribution in [1.82, 2.24) is 33.0 Å². The molecule has 2 aromatic carbocycles. The van der Waals surface area contributed by atoms with Gasteiger partial charge in [0, 0.05) is 82.6 Å². The van der Waals surface area contributed by atoms with Gasteiger partial charge in [0.05, 0.1) is 43.7 Å². The van der Waals surface area contributed by atoms with Crippen molar-refractivity contribution in [3.05, 3.63) is 48.0 Å². The quantitative estimate of drug-likeness (QED) is 0.163. The van der Waals surface area contributed by atoms with Gasteiger partial charge in [-0.25, -0.2) is 26.8 Å². The molecule has 2 N–H and O–H groups in total. The van der Waals surface area contributed by atoms with Gasteiger partial charge in [-0.05, 0) is 112 Å².